The molecule has 0 saturated carbocycles. The monoisotopic (exact) mass is 467 g/mol. The van der Waals surface area contributed by atoms with E-state index in [1.165, 1.54) is 7.11 Å². The summed E-state index contributed by atoms with van der Waals surface area (Å²) >= 11 is 0. The van der Waals surface area contributed by atoms with Crippen molar-refractivity contribution in [1.82, 2.24) is 24.8 Å². The summed E-state index contributed by atoms with van der Waals surface area (Å²) < 4.78 is 12.2. The number of hydrogen-bond donors (Lipinski definition) is 2. The lowest BCUT2D eigenvalue weighted by molar-refractivity contribution is 0.262. The zero-order valence-electron chi connectivity index (χ0n) is 19.0. The Hall–Kier alpha value is -4.99. The Balaban J connectivity index is 1.38. The first kappa shape index (κ1) is 21.8. The minimum atomic E-state index is -0.412. The smallest absolute Gasteiger partial charge is 0.323 e. The second-order valence-corrected chi connectivity index (χ2v) is 7.45. The van der Waals surface area contributed by atoms with Crippen molar-refractivity contribution in [2.24, 2.45) is 0 Å². The third-order valence-electron chi connectivity index (χ3n) is 5.23. The molecule has 3 heterocycles. The van der Waals surface area contributed by atoms with Crippen molar-refractivity contribution in [2.45, 2.75) is 0 Å². The van der Waals surface area contributed by atoms with Crippen LogP contribution in [0.15, 0.2) is 79.0 Å². The van der Waals surface area contributed by atoms with Crippen molar-refractivity contribution in [3.63, 3.8) is 0 Å². The minimum Gasteiger partial charge on any atom is -0.497 e. The summed E-state index contributed by atoms with van der Waals surface area (Å²) in [6, 6.07) is 21.4. The first-order chi connectivity index (χ1) is 17.1. The van der Waals surface area contributed by atoms with Crippen LogP contribution in [0.5, 0.6) is 11.5 Å². The molecule has 0 aliphatic rings. The van der Waals surface area contributed by atoms with E-state index in [0.29, 0.717) is 45.7 Å². The quantitative estimate of drug-likeness (QED) is 0.377. The maximum absolute atomic E-state index is 12.6. The van der Waals surface area contributed by atoms with Crippen molar-refractivity contribution in [1.29, 1.82) is 0 Å². The molecule has 5 rings (SSSR count). The van der Waals surface area contributed by atoms with Crippen LogP contribution in [0.25, 0.3) is 28.4 Å². The van der Waals surface area contributed by atoms with Crippen molar-refractivity contribution in [3.05, 3.63) is 79.0 Å². The lowest BCUT2D eigenvalue weighted by Gasteiger charge is -2.13. The number of benzene rings is 2. The van der Waals surface area contributed by atoms with Crippen LogP contribution in [0.1, 0.15) is 0 Å². The molecular formula is C25H21N7O3. The number of pyridine rings is 1. The lowest BCUT2D eigenvalue weighted by atomic mass is 10.1. The molecule has 0 fully saturated rings. The molecule has 35 heavy (non-hydrogen) atoms. The van der Waals surface area contributed by atoms with E-state index < -0.39 is 6.03 Å². The third kappa shape index (κ3) is 4.58. The van der Waals surface area contributed by atoms with Crippen LogP contribution in [0.2, 0.25) is 0 Å². The molecule has 0 spiro atoms. The Kier molecular flexibility index (Phi) is 5.91. The highest BCUT2D eigenvalue weighted by atomic mass is 16.5. The number of methoxy groups -OCH3 is 2. The highest BCUT2D eigenvalue weighted by molar-refractivity contribution is 6.01. The molecule has 0 unspecified atom stereocenters. The van der Waals surface area contributed by atoms with E-state index in [9.17, 15) is 4.79 Å². The van der Waals surface area contributed by atoms with E-state index >= 15 is 0 Å². The molecule has 10 nitrogen and oxygen atoms in total. The molecule has 10 heteroatoms. The van der Waals surface area contributed by atoms with Gasteiger partial charge in [-0.3, -0.25) is 4.98 Å². The first-order valence-corrected chi connectivity index (χ1v) is 10.7. The lowest BCUT2D eigenvalue weighted by Crippen LogP contribution is -2.19. The maximum atomic E-state index is 12.6. The summed E-state index contributed by atoms with van der Waals surface area (Å²) in [6.07, 6.45) is 1.70. The highest BCUT2D eigenvalue weighted by Gasteiger charge is 2.13. The average Bonchev–Trinajstić information content (AvgIpc) is 3.33. The number of hydrogen-bond acceptors (Lipinski definition) is 7. The number of nitrogens with one attached hydrogen (secondary N) is 2. The first-order valence-electron chi connectivity index (χ1n) is 10.7. The zero-order valence-corrected chi connectivity index (χ0v) is 19.0. The van der Waals surface area contributed by atoms with Crippen LogP contribution in [0.3, 0.4) is 0 Å². The predicted octanol–water partition coefficient (Wildman–Crippen LogP) is 4.51. The Morgan fingerprint density at radius 2 is 1.77 bits per heavy atom. The maximum Gasteiger partial charge on any atom is 0.323 e. The Morgan fingerprint density at radius 1 is 0.857 bits per heavy atom. The van der Waals surface area contributed by atoms with Gasteiger partial charge in [-0.1, -0.05) is 18.2 Å². The number of amides is 2. The van der Waals surface area contributed by atoms with Crippen molar-refractivity contribution < 1.29 is 14.3 Å². The summed E-state index contributed by atoms with van der Waals surface area (Å²) in [5.41, 5.74) is 3.90. The van der Waals surface area contributed by atoms with Gasteiger partial charge >= 0.3 is 6.03 Å². The number of rotatable bonds is 6. The van der Waals surface area contributed by atoms with E-state index in [0.717, 1.165) is 5.56 Å². The van der Waals surface area contributed by atoms with Gasteiger partial charge < -0.3 is 20.1 Å². The fourth-order valence-electron chi connectivity index (χ4n) is 3.54. The molecule has 3 aromatic heterocycles. The van der Waals surface area contributed by atoms with Gasteiger partial charge in [0.2, 0.25) is 5.82 Å². The number of fused-ring (bicyclic) bond motifs is 1. The second kappa shape index (κ2) is 9.48. The molecule has 2 amide bonds. The number of urea groups is 1. The van der Waals surface area contributed by atoms with E-state index in [1.807, 2.05) is 48.5 Å². The van der Waals surface area contributed by atoms with Gasteiger partial charge in [-0.25, -0.2) is 4.79 Å². The topological polar surface area (TPSA) is 116 Å². The second-order valence-electron chi connectivity index (χ2n) is 7.45. The molecule has 0 bridgehead atoms. The molecule has 2 aromatic carbocycles. The van der Waals surface area contributed by atoms with E-state index in [-0.39, 0.29) is 0 Å². The van der Waals surface area contributed by atoms with Crippen molar-refractivity contribution in [2.75, 3.05) is 24.9 Å². The Labute approximate surface area is 200 Å². The number of carbonyl (C=O) groups is 1. The molecule has 0 aliphatic heterocycles. The Bertz CT molecular complexity index is 1500. The van der Waals surface area contributed by atoms with Gasteiger partial charge in [0.25, 0.3) is 0 Å². The van der Waals surface area contributed by atoms with Crippen LogP contribution >= 0.6 is 0 Å². The van der Waals surface area contributed by atoms with Gasteiger partial charge in [0.1, 0.15) is 17.2 Å². The summed E-state index contributed by atoms with van der Waals surface area (Å²) in [7, 11) is 3.09. The summed E-state index contributed by atoms with van der Waals surface area (Å²) in [4.78, 5) is 17.0. The molecule has 174 valence electrons. The van der Waals surface area contributed by atoms with Gasteiger partial charge in [0.05, 0.1) is 25.6 Å². The number of ether oxygens (including phenoxy) is 2. The predicted molar refractivity (Wildman–Crippen MR) is 132 cm³/mol. The van der Waals surface area contributed by atoms with Crippen molar-refractivity contribution in [3.8, 4) is 34.3 Å². The molecule has 0 radical (unpaired) electrons. The fourth-order valence-corrected chi connectivity index (χ4v) is 3.54. The summed E-state index contributed by atoms with van der Waals surface area (Å²) in [5, 5.41) is 18.7. The third-order valence-corrected chi connectivity index (χ3v) is 5.23. The zero-order chi connectivity index (χ0) is 24.2. The molecule has 2 N–H and O–H groups in total. The van der Waals surface area contributed by atoms with Crippen LogP contribution in [0, 0.1) is 0 Å². The van der Waals surface area contributed by atoms with Crippen LogP contribution in [-0.2, 0) is 0 Å². The van der Waals surface area contributed by atoms with E-state index in [2.05, 4.69) is 25.8 Å². The Morgan fingerprint density at radius 3 is 2.57 bits per heavy atom. The average molecular weight is 467 g/mol. The fraction of sp³-hybridized carbons (Fsp3) is 0.0800. The number of carbonyl (C=O) groups excluding carboxylic acids is 1. The number of nitrogens with zero attached hydrogens (tertiary/aromatic N) is 5. The largest absolute Gasteiger partial charge is 0.497 e. The molecule has 5 aromatic rings. The normalized spacial score (nSPS) is 10.7. The van der Waals surface area contributed by atoms with Crippen LogP contribution < -0.4 is 20.1 Å². The standard InChI is InChI=1S/C25H21N7O3/c1-34-18-9-10-20(22(15-18)35-2)28-25(33)27-17-7-5-6-16(14-17)19-11-12-23-29-30-24(32(23)31-19)21-8-3-4-13-26-21/h3-15H,1-2H3,(H2,27,28,33). The minimum absolute atomic E-state index is 0.412. The summed E-state index contributed by atoms with van der Waals surface area (Å²) in [5.74, 6) is 1.66. The van der Waals surface area contributed by atoms with Gasteiger partial charge in [-0.2, -0.15) is 9.61 Å². The molecule has 0 aliphatic carbocycles. The van der Waals surface area contributed by atoms with Gasteiger partial charge in [-0.15, -0.1) is 10.2 Å². The van der Waals surface area contributed by atoms with E-state index in [4.69, 9.17) is 14.6 Å². The SMILES string of the molecule is COc1ccc(NC(=O)Nc2cccc(-c3ccc4nnc(-c5ccccn5)n4n3)c2)c(OC)c1. The summed E-state index contributed by atoms with van der Waals surface area (Å²) in [6.45, 7) is 0. The van der Waals surface area contributed by atoms with Crippen LogP contribution in [0.4, 0.5) is 16.2 Å². The molecule has 0 atom stereocenters. The van der Waals surface area contributed by atoms with Crippen LogP contribution in [-0.4, -0.2) is 45.0 Å². The number of aromatic nitrogens is 5. The van der Waals surface area contributed by atoms with E-state index in [1.54, 1.807) is 42.1 Å². The highest BCUT2D eigenvalue weighted by Crippen LogP contribution is 2.29. The molecule has 0 saturated heterocycles. The van der Waals surface area contributed by atoms with Gasteiger partial charge in [0, 0.05) is 23.5 Å². The van der Waals surface area contributed by atoms with Crippen molar-refractivity contribution >= 4 is 23.1 Å². The van der Waals surface area contributed by atoms with Gasteiger partial charge in [0.15, 0.2) is 5.65 Å². The molecular weight excluding hydrogens is 446 g/mol. The number of anilines is 2. The van der Waals surface area contributed by atoms with Gasteiger partial charge in [-0.05, 0) is 48.5 Å².